The molecule has 2 aliphatic rings. The van der Waals surface area contributed by atoms with E-state index in [2.05, 4.69) is 4.98 Å². The second-order valence-electron chi connectivity index (χ2n) is 5.89. The molecule has 3 heterocycles. The zero-order valence-corrected chi connectivity index (χ0v) is 13.8. The Balaban J connectivity index is 1.67. The van der Waals surface area contributed by atoms with Gasteiger partial charge in [0.1, 0.15) is 18.9 Å². The summed E-state index contributed by atoms with van der Waals surface area (Å²) in [5.74, 6) is 1.40. The van der Waals surface area contributed by atoms with E-state index in [4.69, 9.17) is 21.1 Å². The highest BCUT2D eigenvalue weighted by Gasteiger charge is 2.34. The van der Waals surface area contributed by atoms with E-state index in [1.54, 1.807) is 18.3 Å². The monoisotopic (exact) mass is 344 g/mol. The van der Waals surface area contributed by atoms with E-state index in [-0.39, 0.29) is 11.9 Å². The molecular weight excluding hydrogens is 328 g/mol. The minimum Gasteiger partial charge on any atom is -0.486 e. The van der Waals surface area contributed by atoms with Gasteiger partial charge < -0.3 is 14.4 Å². The zero-order valence-electron chi connectivity index (χ0n) is 13.1. The number of benzene rings is 1. The topological polar surface area (TPSA) is 51.7 Å². The molecule has 5 nitrogen and oxygen atoms in total. The third-order valence-corrected chi connectivity index (χ3v) is 4.65. The van der Waals surface area contributed by atoms with Gasteiger partial charge in [0.2, 0.25) is 0 Å². The van der Waals surface area contributed by atoms with Gasteiger partial charge in [-0.25, -0.2) is 0 Å². The van der Waals surface area contributed by atoms with Gasteiger partial charge in [0.15, 0.2) is 11.5 Å². The SMILES string of the molecule is O=C(c1cc(Cl)ccn1)N1CCC[C@@H]1c1cccc2c1OCCO2. The number of nitrogens with zero attached hydrogens (tertiary/aromatic N) is 2. The van der Waals surface area contributed by atoms with E-state index in [1.165, 1.54) is 0 Å². The predicted octanol–water partition coefficient (Wildman–Crippen LogP) is 3.48. The van der Waals surface area contributed by atoms with E-state index >= 15 is 0 Å². The lowest BCUT2D eigenvalue weighted by Gasteiger charge is -2.28. The van der Waals surface area contributed by atoms with Crippen LogP contribution in [-0.4, -0.2) is 35.5 Å². The fourth-order valence-electron chi connectivity index (χ4n) is 3.36. The number of ether oxygens (including phenoxy) is 2. The number of hydrogen-bond donors (Lipinski definition) is 0. The van der Waals surface area contributed by atoms with Gasteiger partial charge >= 0.3 is 0 Å². The minimum atomic E-state index is -0.102. The minimum absolute atomic E-state index is 0.0325. The van der Waals surface area contributed by atoms with Crippen LogP contribution in [0.4, 0.5) is 0 Å². The summed E-state index contributed by atoms with van der Waals surface area (Å²) in [6, 6.07) is 9.10. The van der Waals surface area contributed by atoms with Crippen molar-refractivity contribution in [2.75, 3.05) is 19.8 Å². The first-order chi connectivity index (χ1) is 11.7. The van der Waals surface area contributed by atoms with Gasteiger partial charge in [0, 0.05) is 23.3 Å². The highest BCUT2D eigenvalue weighted by Crippen LogP contribution is 2.43. The largest absolute Gasteiger partial charge is 0.486 e. The number of amides is 1. The van der Waals surface area contributed by atoms with Gasteiger partial charge in [-0.05, 0) is 31.0 Å². The summed E-state index contributed by atoms with van der Waals surface area (Å²) in [6.45, 7) is 1.78. The van der Waals surface area contributed by atoms with Crippen molar-refractivity contribution in [3.63, 3.8) is 0 Å². The molecule has 6 heteroatoms. The molecule has 1 amide bonds. The van der Waals surface area contributed by atoms with Crippen LogP contribution in [-0.2, 0) is 0 Å². The molecule has 1 saturated heterocycles. The molecule has 1 atom stereocenters. The van der Waals surface area contributed by atoms with Crippen LogP contribution in [0.3, 0.4) is 0 Å². The second-order valence-corrected chi connectivity index (χ2v) is 6.32. The quantitative estimate of drug-likeness (QED) is 0.837. The lowest BCUT2D eigenvalue weighted by atomic mass is 10.0. The Hall–Kier alpha value is -2.27. The van der Waals surface area contributed by atoms with Crippen LogP contribution in [0.5, 0.6) is 11.5 Å². The van der Waals surface area contributed by atoms with E-state index < -0.39 is 0 Å². The number of halogens is 1. The molecule has 1 aromatic heterocycles. The van der Waals surface area contributed by atoms with Crippen molar-refractivity contribution in [1.29, 1.82) is 0 Å². The molecular formula is C18H17ClN2O3. The van der Waals surface area contributed by atoms with Gasteiger partial charge in [-0.3, -0.25) is 9.78 Å². The number of fused-ring (bicyclic) bond motifs is 1. The molecule has 0 aliphatic carbocycles. The number of carbonyl (C=O) groups excluding carboxylic acids is 1. The molecule has 0 radical (unpaired) electrons. The highest BCUT2D eigenvalue weighted by atomic mass is 35.5. The number of likely N-dealkylation sites (tertiary alicyclic amines) is 1. The van der Waals surface area contributed by atoms with Crippen molar-refractivity contribution in [1.82, 2.24) is 9.88 Å². The molecule has 1 fully saturated rings. The predicted molar refractivity (Wildman–Crippen MR) is 89.7 cm³/mol. The number of hydrogen-bond acceptors (Lipinski definition) is 4. The maximum Gasteiger partial charge on any atom is 0.273 e. The summed E-state index contributed by atoms with van der Waals surface area (Å²) in [4.78, 5) is 18.9. The average Bonchev–Trinajstić information content (AvgIpc) is 3.10. The van der Waals surface area contributed by atoms with Crippen LogP contribution in [0.1, 0.15) is 34.9 Å². The highest BCUT2D eigenvalue weighted by molar-refractivity contribution is 6.30. The van der Waals surface area contributed by atoms with Crippen LogP contribution < -0.4 is 9.47 Å². The summed E-state index contributed by atoms with van der Waals surface area (Å²) in [7, 11) is 0. The molecule has 0 spiro atoms. The van der Waals surface area contributed by atoms with E-state index in [0.29, 0.717) is 30.5 Å². The Bertz CT molecular complexity index is 781. The van der Waals surface area contributed by atoms with Gasteiger partial charge in [-0.15, -0.1) is 0 Å². The summed E-state index contributed by atoms with van der Waals surface area (Å²) in [6.07, 6.45) is 3.40. The molecule has 124 valence electrons. The maximum absolute atomic E-state index is 12.9. The second kappa shape index (κ2) is 6.32. The van der Waals surface area contributed by atoms with Gasteiger partial charge in [-0.2, -0.15) is 0 Å². The first-order valence-corrected chi connectivity index (χ1v) is 8.43. The third kappa shape index (κ3) is 2.69. The molecule has 4 rings (SSSR count). The van der Waals surface area contributed by atoms with Crippen molar-refractivity contribution in [3.05, 3.63) is 52.8 Å². The summed E-state index contributed by atoms with van der Waals surface area (Å²) >= 11 is 6.00. The van der Waals surface area contributed by atoms with Gasteiger partial charge in [0.25, 0.3) is 5.91 Å². The number of carbonyl (C=O) groups is 1. The summed E-state index contributed by atoms with van der Waals surface area (Å²) in [5.41, 5.74) is 1.37. The molecule has 1 aromatic carbocycles. The van der Waals surface area contributed by atoms with Crippen LogP contribution >= 0.6 is 11.6 Å². The molecule has 2 aliphatic heterocycles. The molecule has 24 heavy (non-hydrogen) atoms. The fourth-order valence-corrected chi connectivity index (χ4v) is 3.52. The van der Waals surface area contributed by atoms with E-state index in [0.717, 1.165) is 29.9 Å². The van der Waals surface area contributed by atoms with Crippen molar-refractivity contribution < 1.29 is 14.3 Å². The Labute approximate surface area is 145 Å². The first-order valence-electron chi connectivity index (χ1n) is 8.05. The van der Waals surface area contributed by atoms with Crippen LogP contribution in [0.2, 0.25) is 5.02 Å². The normalized spacial score (nSPS) is 19.4. The van der Waals surface area contributed by atoms with Crippen LogP contribution in [0.15, 0.2) is 36.5 Å². The molecule has 0 N–H and O–H groups in total. The number of pyridine rings is 1. The van der Waals surface area contributed by atoms with E-state index in [9.17, 15) is 4.79 Å². The average molecular weight is 345 g/mol. The number of rotatable bonds is 2. The van der Waals surface area contributed by atoms with Crippen molar-refractivity contribution in [2.24, 2.45) is 0 Å². The number of para-hydroxylation sites is 1. The maximum atomic E-state index is 12.9. The Morgan fingerprint density at radius 1 is 1.25 bits per heavy atom. The van der Waals surface area contributed by atoms with Gasteiger partial charge in [-0.1, -0.05) is 23.7 Å². The lowest BCUT2D eigenvalue weighted by molar-refractivity contribution is 0.0725. The lowest BCUT2D eigenvalue weighted by Crippen LogP contribution is -2.31. The Morgan fingerprint density at radius 3 is 3.00 bits per heavy atom. The smallest absolute Gasteiger partial charge is 0.273 e. The molecule has 0 saturated carbocycles. The summed E-state index contributed by atoms with van der Waals surface area (Å²) < 4.78 is 11.5. The van der Waals surface area contributed by atoms with E-state index in [1.807, 2.05) is 23.1 Å². The van der Waals surface area contributed by atoms with Crippen molar-refractivity contribution in [3.8, 4) is 11.5 Å². The Morgan fingerprint density at radius 2 is 2.12 bits per heavy atom. The van der Waals surface area contributed by atoms with Crippen molar-refractivity contribution >= 4 is 17.5 Å². The molecule has 0 unspecified atom stereocenters. The summed E-state index contributed by atoms with van der Waals surface area (Å²) in [5, 5.41) is 0.512. The van der Waals surface area contributed by atoms with Crippen molar-refractivity contribution in [2.45, 2.75) is 18.9 Å². The standard InChI is InChI=1S/C18H17ClN2O3/c19-12-6-7-20-14(11-12)18(22)21-8-2-4-15(21)13-3-1-5-16-17(13)24-10-9-23-16/h1,3,5-7,11,15H,2,4,8-10H2/t15-/m1/s1. The molecule has 0 bridgehead atoms. The molecule has 2 aromatic rings. The van der Waals surface area contributed by atoms with Crippen LogP contribution in [0, 0.1) is 0 Å². The zero-order chi connectivity index (χ0) is 16.5. The Kier molecular flexibility index (Phi) is 4.02. The third-order valence-electron chi connectivity index (χ3n) is 4.41. The van der Waals surface area contributed by atoms with Gasteiger partial charge in [0.05, 0.1) is 6.04 Å². The van der Waals surface area contributed by atoms with Crippen LogP contribution in [0.25, 0.3) is 0 Å². The first kappa shape index (κ1) is 15.3. The fraction of sp³-hybridized carbons (Fsp3) is 0.333. The number of aromatic nitrogens is 1.